The minimum absolute atomic E-state index is 0.148. The molecule has 2 aromatic rings. The molecule has 6 nitrogen and oxygen atoms in total. The largest absolute Gasteiger partial charge is 0.351 e. The van der Waals surface area contributed by atoms with Crippen molar-refractivity contribution in [2.75, 3.05) is 18.4 Å². The first-order valence-corrected chi connectivity index (χ1v) is 10.3. The van der Waals surface area contributed by atoms with Gasteiger partial charge in [0.25, 0.3) is 5.91 Å². The summed E-state index contributed by atoms with van der Waals surface area (Å²) in [6.45, 7) is 7.75. The van der Waals surface area contributed by atoms with E-state index in [0.717, 1.165) is 35.5 Å². The molecule has 7 heteroatoms. The number of rotatable bonds is 9. The molecule has 0 bridgehead atoms. The maximum Gasteiger partial charge on any atom is 0.322 e. The molecule has 0 saturated heterocycles. The van der Waals surface area contributed by atoms with Gasteiger partial charge in [-0.1, -0.05) is 39.0 Å². The monoisotopic (exact) mass is 388 g/mol. The molecule has 2 N–H and O–H groups in total. The van der Waals surface area contributed by atoms with Crippen LogP contribution in [0, 0.1) is 0 Å². The predicted molar refractivity (Wildman–Crippen MR) is 110 cm³/mol. The topological polar surface area (TPSA) is 74.3 Å². The average molecular weight is 389 g/mol. The van der Waals surface area contributed by atoms with E-state index in [1.54, 1.807) is 10.3 Å². The number of nitrogens with zero attached hydrogens (tertiary/aromatic N) is 2. The summed E-state index contributed by atoms with van der Waals surface area (Å²) in [6.07, 6.45) is 2.58. The molecule has 0 atom stereocenters. The van der Waals surface area contributed by atoms with E-state index in [1.165, 1.54) is 11.3 Å². The Kier molecular flexibility index (Phi) is 8.26. The molecule has 1 aromatic carbocycles. The number of anilines is 1. The zero-order chi connectivity index (χ0) is 19.6. The number of hydrogen-bond donors (Lipinski definition) is 2. The van der Waals surface area contributed by atoms with Crippen molar-refractivity contribution >= 4 is 29.0 Å². The number of aromatic nitrogens is 1. The van der Waals surface area contributed by atoms with Crippen LogP contribution in [0.1, 0.15) is 54.7 Å². The third-order valence-electron chi connectivity index (χ3n) is 4.07. The lowest BCUT2D eigenvalue weighted by atomic mass is 10.1. The van der Waals surface area contributed by atoms with Crippen LogP contribution in [0.3, 0.4) is 0 Å². The molecule has 0 aliphatic carbocycles. The lowest BCUT2D eigenvalue weighted by molar-refractivity contribution is 0.0949. The summed E-state index contributed by atoms with van der Waals surface area (Å²) in [4.78, 5) is 30.9. The van der Waals surface area contributed by atoms with E-state index >= 15 is 0 Å². The number of amides is 3. The molecule has 146 valence electrons. The van der Waals surface area contributed by atoms with Gasteiger partial charge in [-0.05, 0) is 30.9 Å². The molecule has 2 rings (SSSR count). The molecule has 0 radical (unpaired) electrons. The molecule has 0 aliphatic rings. The van der Waals surface area contributed by atoms with Gasteiger partial charge in [-0.3, -0.25) is 4.79 Å². The van der Waals surface area contributed by atoms with Crippen LogP contribution in [0.25, 0.3) is 0 Å². The highest BCUT2D eigenvalue weighted by atomic mass is 32.1. The second-order valence-corrected chi connectivity index (χ2v) is 7.19. The maximum atomic E-state index is 12.8. The fraction of sp³-hybridized carbons (Fsp3) is 0.450. The maximum absolute atomic E-state index is 12.8. The quantitative estimate of drug-likeness (QED) is 0.673. The number of benzene rings is 1. The minimum Gasteiger partial charge on any atom is -0.351 e. The Morgan fingerprint density at radius 2 is 1.93 bits per heavy atom. The summed E-state index contributed by atoms with van der Waals surface area (Å²) < 4.78 is 0. The van der Waals surface area contributed by atoms with Crippen molar-refractivity contribution in [1.29, 1.82) is 0 Å². The van der Waals surface area contributed by atoms with E-state index in [4.69, 9.17) is 0 Å². The van der Waals surface area contributed by atoms with Crippen LogP contribution in [-0.2, 0) is 13.0 Å². The highest BCUT2D eigenvalue weighted by Gasteiger charge is 2.17. The third kappa shape index (κ3) is 6.06. The molecular formula is C20H28N4O2S. The zero-order valence-corrected chi connectivity index (χ0v) is 17.1. The molecular weight excluding hydrogens is 360 g/mol. The van der Waals surface area contributed by atoms with Crippen LogP contribution >= 0.6 is 11.3 Å². The fourth-order valence-corrected chi connectivity index (χ4v) is 3.44. The van der Waals surface area contributed by atoms with Gasteiger partial charge in [0.1, 0.15) is 10.7 Å². The summed E-state index contributed by atoms with van der Waals surface area (Å²) in [5.41, 5.74) is 2.35. The molecule has 0 aliphatic heterocycles. The van der Waals surface area contributed by atoms with Crippen molar-refractivity contribution in [1.82, 2.24) is 15.2 Å². The Morgan fingerprint density at radius 1 is 1.15 bits per heavy atom. The highest BCUT2D eigenvalue weighted by Crippen LogP contribution is 2.18. The van der Waals surface area contributed by atoms with Crippen LogP contribution < -0.4 is 10.6 Å². The average Bonchev–Trinajstić information content (AvgIpc) is 3.15. The first kappa shape index (κ1) is 20.9. The number of thiazole rings is 1. The third-order valence-corrected chi connectivity index (χ3v) is 4.90. The van der Waals surface area contributed by atoms with E-state index in [0.29, 0.717) is 25.3 Å². The van der Waals surface area contributed by atoms with Crippen molar-refractivity contribution in [2.45, 2.75) is 46.6 Å². The van der Waals surface area contributed by atoms with Crippen molar-refractivity contribution in [3.63, 3.8) is 0 Å². The zero-order valence-electron chi connectivity index (χ0n) is 16.2. The smallest absolute Gasteiger partial charge is 0.322 e. The Hall–Kier alpha value is -2.41. The summed E-state index contributed by atoms with van der Waals surface area (Å²) in [5.74, 6) is -0.164. The normalized spacial score (nSPS) is 10.5. The van der Waals surface area contributed by atoms with Crippen LogP contribution in [0.4, 0.5) is 10.5 Å². The number of hydrogen-bond acceptors (Lipinski definition) is 4. The van der Waals surface area contributed by atoms with Crippen LogP contribution in [0.15, 0.2) is 29.6 Å². The minimum atomic E-state index is -0.164. The Balaban J connectivity index is 2.05. The van der Waals surface area contributed by atoms with E-state index in [-0.39, 0.29) is 11.9 Å². The van der Waals surface area contributed by atoms with Crippen LogP contribution in [0.2, 0.25) is 0 Å². The molecule has 0 saturated carbocycles. The summed E-state index contributed by atoms with van der Waals surface area (Å²) >= 11 is 1.40. The van der Waals surface area contributed by atoms with Gasteiger partial charge in [-0.2, -0.15) is 0 Å². The standard InChI is InChI=1S/C20H28N4O2S/c1-4-11-21-19(25)17-14-27-18(22-17)13-24(12-5-2)20(26)23-16-10-8-7-9-15(16)6-3/h7-10,14H,4-6,11-13H2,1-3H3,(H,21,25)(H,23,26). The predicted octanol–water partition coefficient (Wildman–Crippen LogP) is 4.29. The molecule has 0 fully saturated rings. The van der Waals surface area contributed by atoms with Gasteiger partial charge in [0.15, 0.2) is 0 Å². The number of para-hydroxylation sites is 1. The Bertz CT molecular complexity index is 760. The van der Waals surface area contributed by atoms with Gasteiger partial charge >= 0.3 is 6.03 Å². The van der Waals surface area contributed by atoms with Gasteiger partial charge < -0.3 is 15.5 Å². The molecule has 1 heterocycles. The van der Waals surface area contributed by atoms with Crippen molar-refractivity contribution in [2.24, 2.45) is 0 Å². The molecule has 27 heavy (non-hydrogen) atoms. The molecule has 0 unspecified atom stereocenters. The second kappa shape index (κ2) is 10.7. The van der Waals surface area contributed by atoms with E-state index < -0.39 is 0 Å². The van der Waals surface area contributed by atoms with Gasteiger partial charge in [-0.25, -0.2) is 9.78 Å². The van der Waals surface area contributed by atoms with E-state index in [1.807, 2.05) is 38.1 Å². The van der Waals surface area contributed by atoms with Crippen molar-refractivity contribution in [3.05, 3.63) is 45.9 Å². The number of nitrogens with one attached hydrogen (secondary N) is 2. The molecule has 1 aromatic heterocycles. The summed E-state index contributed by atoms with van der Waals surface area (Å²) in [7, 11) is 0. The summed E-state index contributed by atoms with van der Waals surface area (Å²) in [5, 5.41) is 8.33. The van der Waals surface area contributed by atoms with Gasteiger partial charge in [0, 0.05) is 24.2 Å². The number of urea groups is 1. The van der Waals surface area contributed by atoms with Gasteiger partial charge in [0.05, 0.1) is 6.54 Å². The first-order valence-electron chi connectivity index (χ1n) is 9.45. The Morgan fingerprint density at radius 3 is 2.63 bits per heavy atom. The first-order chi connectivity index (χ1) is 13.1. The number of aryl methyl sites for hydroxylation is 1. The highest BCUT2D eigenvalue weighted by molar-refractivity contribution is 7.09. The molecule has 3 amide bonds. The second-order valence-electron chi connectivity index (χ2n) is 6.24. The lowest BCUT2D eigenvalue weighted by Crippen LogP contribution is -2.35. The van der Waals surface area contributed by atoms with Gasteiger partial charge in [0.2, 0.25) is 0 Å². The lowest BCUT2D eigenvalue weighted by Gasteiger charge is -2.22. The fourth-order valence-electron chi connectivity index (χ4n) is 2.65. The van der Waals surface area contributed by atoms with Crippen LogP contribution in [0.5, 0.6) is 0 Å². The van der Waals surface area contributed by atoms with Crippen molar-refractivity contribution < 1.29 is 9.59 Å². The molecule has 0 spiro atoms. The van der Waals surface area contributed by atoms with Gasteiger partial charge in [-0.15, -0.1) is 11.3 Å². The van der Waals surface area contributed by atoms with Crippen LogP contribution in [-0.4, -0.2) is 34.9 Å². The number of carbonyl (C=O) groups is 2. The van der Waals surface area contributed by atoms with E-state index in [2.05, 4.69) is 22.5 Å². The Labute approximate surface area is 165 Å². The van der Waals surface area contributed by atoms with E-state index in [9.17, 15) is 9.59 Å². The van der Waals surface area contributed by atoms with Crippen molar-refractivity contribution in [3.8, 4) is 0 Å². The summed E-state index contributed by atoms with van der Waals surface area (Å²) in [6, 6.07) is 7.67. The number of carbonyl (C=O) groups excluding carboxylic acids is 2. The SMILES string of the molecule is CCCNC(=O)c1csc(CN(CCC)C(=O)Nc2ccccc2CC)n1.